The van der Waals surface area contributed by atoms with Gasteiger partial charge in [-0.05, 0) is 24.1 Å². The molecule has 1 aromatic rings. The molecule has 0 aromatic heterocycles. The first-order valence-electron chi connectivity index (χ1n) is 6.02. The first kappa shape index (κ1) is 14.5. The Hall–Kier alpha value is -1.60. The van der Waals surface area contributed by atoms with Crippen molar-refractivity contribution in [3.8, 4) is 6.07 Å². The van der Waals surface area contributed by atoms with Crippen molar-refractivity contribution < 1.29 is 9.13 Å². The first-order chi connectivity index (χ1) is 8.58. The predicted octanol–water partition coefficient (Wildman–Crippen LogP) is 2.81. The number of halogens is 1. The Bertz CT molecular complexity index is 426. The minimum absolute atomic E-state index is 0.340. The number of hydrogen-bond acceptors (Lipinski definition) is 3. The van der Waals surface area contributed by atoms with Gasteiger partial charge in [0, 0.05) is 20.2 Å². The second kappa shape index (κ2) is 6.97. The molecule has 0 bridgehead atoms. The lowest BCUT2D eigenvalue weighted by Gasteiger charge is -2.26. The highest BCUT2D eigenvalue weighted by Gasteiger charge is 2.13. The van der Waals surface area contributed by atoms with Crippen LogP contribution in [0.25, 0.3) is 0 Å². The molecule has 0 unspecified atom stereocenters. The summed E-state index contributed by atoms with van der Waals surface area (Å²) in [6.45, 7) is 6.11. The summed E-state index contributed by atoms with van der Waals surface area (Å²) in [5.74, 6) is 0.0719. The molecule has 0 amide bonds. The summed E-state index contributed by atoms with van der Waals surface area (Å²) in [5.41, 5.74) is 0.868. The molecule has 0 aliphatic carbocycles. The molecule has 1 aromatic carbocycles. The number of anilines is 1. The SMILES string of the molecule is COCCN(CC(C)C)c1ccc(C#N)cc1F. The third-order valence-electron chi connectivity index (χ3n) is 2.57. The molecule has 1 rings (SSSR count). The van der Waals surface area contributed by atoms with E-state index in [0.29, 0.717) is 30.3 Å². The zero-order valence-corrected chi connectivity index (χ0v) is 11.1. The second-order valence-corrected chi connectivity index (χ2v) is 4.61. The van der Waals surface area contributed by atoms with Crippen LogP contribution in [0.3, 0.4) is 0 Å². The molecule has 3 nitrogen and oxygen atoms in total. The van der Waals surface area contributed by atoms with Gasteiger partial charge in [-0.15, -0.1) is 0 Å². The average molecular weight is 250 g/mol. The van der Waals surface area contributed by atoms with E-state index in [-0.39, 0.29) is 5.82 Å². The first-order valence-corrected chi connectivity index (χ1v) is 6.02. The Labute approximate surface area is 108 Å². The van der Waals surface area contributed by atoms with Crippen molar-refractivity contribution in [2.75, 3.05) is 31.7 Å². The maximum atomic E-state index is 13.9. The fourth-order valence-corrected chi connectivity index (χ4v) is 1.79. The average Bonchev–Trinajstić information content (AvgIpc) is 2.34. The number of nitrogens with zero attached hydrogens (tertiary/aromatic N) is 2. The van der Waals surface area contributed by atoms with E-state index in [4.69, 9.17) is 10.00 Å². The van der Waals surface area contributed by atoms with Gasteiger partial charge in [-0.1, -0.05) is 13.8 Å². The van der Waals surface area contributed by atoms with Gasteiger partial charge >= 0.3 is 0 Å². The van der Waals surface area contributed by atoms with Crippen molar-refractivity contribution >= 4 is 5.69 Å². The Morgan fingerprint density at radius 3 is 2.67 bits per heavy atom. The van der Waals surface area contributed by atoms with Crippen molar-refractivity contribution in [2.45, 2.75) is 13.8 Å². The largest absolute Gasteiger partial charge is 0.383 e. The molecule has 0 fully saturated rings. The van der Waals surface area contributed by atoms with Gasteiger partial charge in [-0.25, -0.2) is 4.39 Å². The number of nitriles is 1. The molecule has 0 radical (unpaired) electrons. The van der Waals surface area contributed by atoms with Crippen molar-refractivity contribution in [3.05, 3.63) is 29.6 Å². The minimum atomic E-state index is -0.356. The van der Waals surface area contributed by atoms with E-state index in [1.807, 2.05) is 11.0 Å². The zero-order chi connectivity index (χ0) is 13.5. The molecule has 0 spiro atoms. The van der Waals surface area contributed by atoms with Crippen LogP contribution in [-0.2, 0) is 4.74 Å². The highest BCUT2D eigenvalue weighted by atomic mass is 19.1. The molecule has 0 aliphatic rings. The molecule has 0 atom stereocenters. The molecular formula is C14H19FN2O. The van der Waals surface area contributed by atoms with Gasteiger partial charge in [0.1, 0.15) is 5.82 Å². The fourth-order valence-electron chi connectivity index (χ4n) is 1.79. The molecule has 0 N–H and O–H groups in total. The Balaban J connectivity index is 2.93. The highest BCUT2D eigenvalue weighted by Crippen LogP contribution is 2.21. The van der Waals surface area contributed by atoms with E-state index in [2.05, 4.69) is 13.8 Å². The van der Waals surface area contributed by atoms with Gasteiger partial charge in [0.05, 0.1) is 23.9 Å². The second-order valence-electron chi connectivity index (χ2n) is 4.61. The van der Waals surface area contributed by atoms with Crippen LogP contribution in [0, 0.1) is 23.1 Å². The van der Waals surface area contributed by atoms with Gasteiger partial charge in [0.2, 0.25) is 0 Å². The highest BCUT2D eigenvalue weighted by molar-refractivity contribution is 5.51. The molecule has 18 heavy (non-hydrogen) atoms. The van der Waals surface area contributed by atoms with E-state index in [1.54, 1.807) is 19.2 Å². The lowest BCUT2D eigenvalue weighted by molar-refractivity contribution is 0.204. The number of methoxy groups -OCH3 is 1. The van der Waals surface area contributed by atoms with Gasteiger partial charge < -0.3 is 9.64 Å². The number of hydrogen-bond donors (Lipinski definition) is 0. The minimum Gasteiger partial charge on any atom is -0.383 e. The molecule has 4 heteroatoms. The number of ether oxygens (including phenoxy) is 1. The lowest BCUT2D eigenvalue weighted by Crippen LogP contribution is -2.31. The van der Waals surface area contributed by atoms with Crippen molar-refractivity contribution in [2.24, 2.45) is 5.92 Å². The summed E-state index contributed by atoms with van der Waals surface area (Å²) in [6, 6.07) is 6.50. The normalized spacial score (nSPS) is 10.4. The molecule has 0 heterocycles. The molecule has 0 saturated carbocycles. The van der Waals surface area contributed by atoms with Crippen LogP contribution in [0.4, 0.5) is 10.1 Å². The standard InChI is InChI=1S/C14H19FN2O/c1-11(2)10-17(6-7-18-3)14-5-4-12(9-16)8-13(14)15/h4-5,8,11H,6-7,10H2,1-3H3. The Kier molecular flexibility index (Phi) is 5.60. The predicted molar refractivity (Wildman–Crippen MR) is 70.0 cm³/mol. The smallest absolute Gasteiger partial charge is 0.147 e. The Morgan fingerprint density at radius 1 is 1.44 bits per heavy atom. The molecule has 0 aliphatic heterocycles. The number of benzene rings is 1. The maximum absolute atomic E-state index is 13.9. The van der Waals surface area contributed by atoms with Crippen LogP contribution in [-0.4, -0.2) is 26.8 Å². The topological polar surface area (TPSA) is 36.3 Å². The van der Waals surface area contributed by atoms with Crippen LogP contribution in [0.1, 0.15) is 19.4 Å². The third-order valence-corrected chi connectivity index (χ3v) is 2.57. The van der Waals surface area contributed by atoms with E-state index in [1.165, 1.54) is 6.07 Å². The van der Waals surface area contributed by atoms with Gasteiger partial charge in [-0.2, -0.15) is 5.26 Å². The summed E-state index contributed by atoms with van der Waals surface area (Å²) in [4.78, 5) is 1.95. The Morgan fingerprint density at radius 2 is 2.17 bits per heavy atom. The quantitative estimate of drug-likeness (QED) is 0.779. The summed E-state index contributed by atoms with van der Waals surface area (Å²) in [5, 5.41) is 8.73. The van der Waals surface area contributed by atoms with Gasteiger partial charge in [-0.3, -0.25) is 0 Å². The van der Waals surface area contributed by atoms with Crippen LogP contribution in [0.2, 0.25) is 0 Å². The van der Waals surface area contributed by atoms with E-state index >= 15 is 0 Å². The summed E-state index contributed by atoms with van der Waals surface area (Å²) < 4.78 is 19.0. The van der Waals surface area contributed by atoms with Crippen molar-refractivity contribution in [1.29, 1.82) is 5.26 Å². The monoisotopic (exact) mass is 250 g/mol. The van der Waals surface area contributed by atoms with E-state index in [0.717, 1.165) is 6.54 Å². The zero-order valence-electron chi connectivity index (χ0n) is 11.1. The van der Waals surface area contributed by atoms with Crippen molar-refractivity contribution in [3.63, 3.8) is 0 Å². The molecule has 0 saturated heterocycles. The van der Waals surface area contributed by atoms with Crippen LogP contribution < -0.4 is 4.90 Å². The van der Waals surface area contributed by atoms with Gasteiger partial charge in [0.25, 0.3) is 0 Å². The lowest BCUT2D eigenvalue weighted by atomic mass is 10.1. The van der Waals surface area contributed by atoms with E-state index < -0.39 is 0 Å². The van der Waals surface area contributed by atoms with Crippen LogP contribution >= 0.6 is 0 Å². The summed E-state index contributed by atoms with van der Waals surface area (Å²) in [6.07, 6.45) is 0. The molecule has 98 valence electrons. The van der Waals surface area contributed by atoms with E-state index in [9.17, 15) is 4.39 Å². The fraction of sp³-hybridized carbons (Fsp3) is 0.500. The molecular weight excluding hydrogens is 231 g/mol. The summed E-state index contributed by atoms with van der Waals surface area (Å²) in [7, 11) is 1.63. The number of rotatable bonds is 6. The van der Waals surface area contributed by atoms with Crippen LogP contribution in [0.15, 0.2) is 18.2 Å². The van der Waals surface area contributed by atoms with Gasteiger partial charge in [0.15, 0.2) is 0 Å². The van der Waals surface area contributed by atoms with Crippen LogP contribution in [0.5, 0.6) is 0 Å². The third kappa shape index (κ3) is 4.01. The maximum Gasteiger partial charge on any atom is 0.147 e. The van der Waals surface area contributed by atoms with Crippen molar-refractivity contribution in [1.82, 2.24) is 0 Å². The summed E-state index contributed by atoms with van der Waals surface area (Å²) >= 11 is 0.